The predicted octanol–water partition coefficient (Wildman–Crippen LogP) is 5.39. The molecule has 0 bridgehead atoms. The maximum Gasteiger partial charge on any atom is 0.352 e. The molecule has 6 heteroatoms. The van der Waals surface area contributed by atoms with Gasteiger partial charge in [-0.2, -0.15) is 0 Å². The third-order valence-electron chi connectivity index (χ3n) is 5.87. The Hall–Kier alpha value is -3.77. The van der Waals surface area contributed by atoms with E-state index >= 15 is 0 Å². The van der Waals surface area contributed by atoms with Crippen LogP contribution in [0, 0.1) is 6.92 Å². The van der Waals surface area contributed by atoms with Gasteiger partial charge in [-0.05, 0) is 48.7 Å². The average molecular weight is 459 g/mol. The molecule has 0 amide bonds. The number of methoxy groups -OCH3 is 1. The van der Waals surface area contributed by atoms with Crippen LogP contribution in [0.25, 0.3) is 10.9 Å². The van der Waals surface area contributed by atoms with Gasteiger partial charge in [-0.15, -0.1) is 0 Å². The quantitative estimate of drug-likeness (QED) is 0.333. The number of aromatic nitrogens is 1. The highest BCUT2D eigenvalue weighted by molar-refractivity contribution is 5.98. The zero-order chi connectivity index (χ0) is 24.1. The number of nitrogens with zero attached hydrogens (tertiary/aromatic N) is 1. The molecule has 0 aliphatic carbocycles. The molecule has 0 spiro atoms. The van der Waals surface area contributed by atoms with Crippen LogP contribution in [0.15, 0.2) is 66.7 Å². The topological polar surface area (TPSA) is 72.7 Å². The number of hydrogen-bond donors (Lipinski definition) is 2. The first-order valence-corrected chi connectivity index (χ1v) is 11.4. The Morgan fingerprint density at radius 2 is 1.76 bits per heavy atom. The smallest absolute Gasteiger partial charge is 0.352 e. The Kier molecular flexibility index (Phi) is 7.18. The number of carboxylic acid groups (broad SMARTS) is 1. The second-order valence-electron chi connectivity index (χ2n) is 8.25. The number of carboxylic acids is 1. The third kappa shape index (κ3) is 4.92. The predicted molar refractivity (Wildman–Crippen MR) is 134 cm³/mol. The molecule has 1 heterocycles. The average Bonchev–Trinajstić information content (AvgIpc) is 3.13. The highest BCUT2D eigenvalue weighted by Crippen LogP contribution is 2.30. The van der Waals surface area contributed by atoms with Gasteiger partial charge in [0.05, 0.1) is 13.7 Å². The molecule has 3 aromatic carbocycles. The Bertz CT molecular complexity index is 1300. The van der Waals surface area contributed by atoms with E-state index in [4.69, 9.17) is 9.47 Å². The number of aryl methyl sites for hydroxylation is 1. The van der Waals surface area contributed by atoms with E-state index in [0.29, 0.717) is 43.4 Å². The summed E-state index contributed by atoms with van der Waals surface area (Å²) in [6, 6.07) is 21.9. The van der Waals surface area contributed by atoms with Crippen molar-refractivity contribution in [3.63, 3.8) is 0 Å². The Morgan fingerprint density at radius 1 is 0.971 bits per heavy atom. The van der Waals surface area contributed by atoms with Crippen molar-refractivity contribution in [1.82, 2.24) is 9.88 Å². The summed E-state index contributed by atoms with van der Waals surface area (Å²) in [5.41, 5.74) is 5.22. The summed E-state index contributed by atoms with van der Waals surface area (Å²) >= 11 is 0. The SMILES string of the molecule is CCOc1ccc(CNCc2c(C(=O)O)n(Cc3ccccc3)c3cc(C)ccc23)cc1OC. The summed E-state index contributed by atoms with van der Waals surface area (Å²) in [6.07, 6.45) is 0. The molecule has 1 aromatic heterocycles. The Morgan fingerprint density at radius 3 is 2.47 bits per heavy atom. The van der Waals surface area contributed by atoms with Gasteiger partial charge in [0.15, 0.2) is 11.5 Å². The summed E-state index contributed by atoms with van der Waals surface area (Å²) < 4.78 is 13.0. The fraction of sp³-hybridized carbons (Fsp3) is 0.250. The lowest BCUT2D eigenvalue weighted by molar-refractivity contribution is 0.0684. The summed E-state index contributed by atoms with van der Waals surface area (Å²) in [5.74, 6) is 0.466. The van der Waals surface area contributed by atoms with Gasteiger partial charge in [-0.3, -0.25) is 0 Å². The van der Waals surface area contributed by atoms with Crippen LogP contribution in [-0.4, -0.2) is 29.4 Å². The van der Waals surface area contributed by atoms with Crippen molar-refractivity contribution in [2.24, 2.45) is 0 Å². The van der Waals surface area contributed by atoms with E-state index in [-0.39, 0.29) is 0 Å². The lowest BCUT2D eigenvalue weighted by atomic mass is 10.1. The molecule has 4 aromatic rings. The molecule has 0 atom stereocenters. The lowest BCUT2D eigenvalue weighted by Gasteiger charge is -2.12. The van der Waals surface area contributed by atoms with Gasteiger partial charge in [-0.25, -0.2) is 4.79 Å². The minimum Gasteiger partial charge on any atom is -0.493 e. The minimum atomic E-state index is -0.927. The molecule has 0 aliphatic heterocycles. The van der Waals surface area contributed by atoms with E-state index in [9.17, 15) is 9.90 Å². The van der Waals surface area contributed by atoms with E-state index in [2.05, 4.69) is 11.4 Å². The monoisotopic (exact) mass is 458 g/mol. The van der Waals surface area contributed by atoms with E-state index in [0.717, 1.165) is 33.2 Å². The Labute approximate surface area is 199 Å². The largest absolute Gasteiger partial charge is 0.493 e. The van der Waals surface area contributed by atoms with Crippen LogP contribution in [0.4, 0.5) is 0 Å². The molecule has 0 radical (unpaired) electrons. The van der Waals surface area contributed by atoms with E-state index in [1.807, 2.05) is 79.1 Å². The normalized spacial score (nSPS) is 11.0. The van der Waals surface area contributed by atoms with Gasteiger partial charge in [-0.1, -0.05) is 48.5 Å². The number of nitrogens with one attached hydrogen (secondary N) is 1. The molecular weight excluding hydrogens is 428 g/mol. The van der Waals surface area contributed by atoms with Crippen molar-refractivity contribution < 1.29 is 19.4 Å². The minimum absolute atomic E-state index is 0.321. The van der Waals surface area contributed by atoms with Crippen molar-refractivity contribution >= 4 is 16.9 Å². The molecule has 0 saturated heterocycles. The molecule has 0 aliphatic rings. The molecule has 6 nitrogen and oxygen atoms in total. The zero-order valence-corrected chi connectivity index (χ0v) is 19.8. The second kappa shape index (κ2) is 10.4. The fourth-order valence-corrected chi connectivity index (χ4v) is 4.31. The van der Waals surface area contributed by atoms with Gasteiger partial charge < -0.3 is 24.5 Å². The first kappa shape index (κ1) is 23.4. The van der Waals surface area contributed by atoms with Crippen LogP contribution < -0.4 is 14.8 Å². The van der Waals surface area contributed by atoms with Crippen LogP contribution in [0.5, 0.6) is 11.5 Å². The van der Waals surface area contributed by atoms with Crippen LogP contribution >= 0.6 is 0 Å². The van der Waals surface area contributed by atoms with Crippen molar-refractivity contribution in [3.8, 4) is 11.5 Å². The Balaban J connectivity index is 1.65. The molecule has 2 N–H and O–H groups in total. The molecule has 0 unspecified atom stereocenters. The number of ether oxygens (including phenoxy) is 2. The van der Waals surface area contributed by atoms with Crippen LogP contribution in [0.1, 0.15) is 39.7 Å². The van der Waals surface area contributed by atoms with Crippen LogP contribution in [0.3, 0.4) is 0 Å². The lowest BCUT2D eigenvalue weighted by Crippen LogP contribution is -2.17. The number of aromatic carboxylic acids is 1. The van der Waals surface area contributed by atoms with Crippen LogP contribution in [-0.2, 0) is 19.6 Å². The maximum atomic E-state index is 12.4. The van der Waals surface area contributed by atoms with Gasteiger partial charge in [0, 0.05) is 36.1 Å². The molecule has 0 fully saturated rings. The summed E-state index contributed by atoms with van der Waals surface area (Å²) in [6.45, 7) is 6.02. The van der Waals surface area contributed by atoms with Crippen molar-refractivity contribution in [2.45, 2.75) is 33.5 Å². The van der Waals surface area contributed by atoms with Gasteiger partial charge in [0.1, 0.15) is 5.69 Å². The molecule has 4 rings (SSSR count). The molecule has 176 valence electrons. The van der Waals surface area contributed by atoms with E-state index in [1.165, 1.54) is 0 Å². The zero-order valence-electron chi connectivity index (χ0n) is 19.8. The summed E-state index contributed by atoms with van der Waals surface area (Å²) in [5, 5.41) is 14.6. The highest BCUT2D eigenvalue weighted by Gasteiger charge is 2.22. The second-order valence-corrected chi connectivity index (χ2v) is 8.25. The number of rotatable bonds is 10. The molecule has 0 saturated carbocycles. The number of fused-ring (bicyclic) bond motifs is 1. The highest BCUT2D eigenvalue weighted by atomic mass is 16.5. The van der Waals surface area contributed by atoms with Gasteiger partial charge in [0.2, 0.25) is 0 Å². The summed E-state index contributed by atoms with van der Waals surface area (Å²) in [4.78, 5) is 12.4. The third-order valence-corrected chi connectivity index (χ3v) is 5.87. The van der Waals surface area contributed by atoms with E-state index < -0.39 is 5.97 Å². The first-order chi connectivity index (χ1) is 16.5. The molecule has 34 heavy (non-hydrogen) atoms. The standard InChI is InChI=1S/C28H30N2O4/c1-4-34-25-13-11-21(15-26(25)33-3)16-29-17-23-22-12-10-19(2)14-24(22)30(27(23)28(31)32)18-20-8-6-5-7-9-20/h5-15,29H,4,16-18H2,1-3H3,(H,31,32). The number of hydrogen-bond acceptors (Lipinski definition) is 4. The van der Waals surface area contributed by atoms with E-state index in [1.54, 1.807) is 7.11 Å². The van der Waals surface area contributed by atoms with Gasteiger partial charge >= 0.3 is 5.97 Å². The van der Waals surface area contributed by atoms with Crippen molar-refractivity contribution in [3.05, 3.63) is 94.7 Å². The van der Waals surface area contributed by atoms with Gasteiger partial charge in [0.25, 0.3) is 0 Å². The maximum absolute atomic E-state index is 12.4. The van der Waals surface area contributed by atoms with Crippen molar-refractivity contribution in [1.29, 1.82) is 0 Å². The first-order valence-electron chi connectivity index (χ1n) is 11.4. The summed E-state index contributed by atoms with van der Waals surface area (Å²) in [7, 11) is 1.62. The fourth-order valence-electron chi connectivity index (χ4n) is 4.31. The molecular formula is C28H30N2O4. The number of carbonyl (C=O) groups is 1. The van der Waals surface area contributed by atoms with Crippen LogP contribution in [0.2, 0.25) is 0 Å². The van der Waals surface area contributed by atoms with Crippen molar-refractivity contribution in [2.75, 3.05) is 13.7 Å². The number of benzene rings is 3.